The Labute approximate surface area is 175 Å². The van der Waals surface area contributed by atoms with E-state index in [0.717, 1.165) is 4.47 Å². The molecule has 2 aliphatic rings. The predicted octanol–water partition coefficient (Wildman–Crippen LogP) is 3.74. The molecule has 0 bridgehead atoms. The van der Waals surface area contributed by atoms with E-state index in [1.807, 2.05) is 23.1 Å². The molecule has 1 saturated heterocycles. The second kappa shape index (κ2) is 7.53. The van der Waals surface area contributed by atoms with Gasteiger partial charge in [-0.1, -0.05) is 48.0 Å². The van der Waals surface area contributed by atoms with Crippen LogP contribution in [0.25, 0.3) is 0 Å². The van der Waals surface area contributed by atoms with Crippen LogP contribution < -0.4 is 0 Å². The normalized spacial score (nSPS) is 17.1. The second-order valence-corrected chi connectivity index (χ2v) is 7.86. The average Bonchev–Trinajstić information content (AvgIpc) is 2.73. The fraction of sp³-hybridized carbons (Fsp3) is 0.190. The lowest BCUT2D eigenvalue weighted by Gasteiger charge is -2.38. The molecule has 1 heterocycles. The molecule has 1 aliphatic heterocycles. The number of nitrogens with zero attached hydrogens (tertiary/aromatic N) is 2. The molecule has 0 saturated carbocycles. The van der Waals surface area contributed by atoms with E-state index >= 15 is 0 Å². The van der Waals surface area contributed by atoms with Crippen LogP contribution in [-0.2, 0) is 0 Å². The van der Waals surface area contributed by atoms with Crippen LogP contribution in [0.4, 0.5) is 0 Å². The Balaban J connectivity index is 1.53. The van der Waals surface area contributed by atoms with Gasteiger partial charge in [-0.3, -0.25) is 14.4 Å². The Morgan fingerprint density at radius 1 is 0.857 bits per heavy atom. The van der Waals surface area contributed by atoms with Crippen molar-refractivity contribution in [2.75, 3.05) is 26.2 Å². The summed E-state index contributed by atoms with van der Waals surface area (Å²) >= 11 is 9.70. The minimum atomic E-state index is -0.335. The highest BCUT2D eigenvalue weighted by Gasteiger charge is 2.36. The van der Waals surface area contributed by atoms with Crippen LogP contribution in [0.2, 0.25) is 0 Å². The molecule has 5 nitrogen and oxygen atoms in total. The molecule has 0 N–H and O–H groups in total. The van der Waals surface area contributed by atoms with Gasteiger partial charge in [-0.2, -0.15) is 0 Å². The van der Waals surface area contributed by atoms with E-state index in [0.29, 0.717) is 42.9 Å². The van der Waals surface area contributed by atoms with Crippen LogP contribution in [0, 0.1) is 0 Å². The van der Waals surface area contributed by atoms with Gasteiger partial charge >= 0.3 is 0 Å². The third-order valence-corrected chi connectivity index (χ3v) is 6.07. The van der Waals surface area contributed by atoms with Gasteiger partial charge in [0.05, 0.1) is 5.56 Å². The highest BCUT2D eigenvalue weighted by Crippen LogP contribution is 2.31. The number of piperazine rings is 1. The molecule has 0 unspecified atom stereocenters. The number of hydrogen-bond donors (Lipinski definition) is 0. The molecular weight excluding hydrogens is 444 g/mol. The van der Waals surface area contributed by atoms with E-state index in [-0.39, 0.29) is 28.2 Å². The summed E-state index contributed by atoms with van der Waals surface area (Å²) in [5.41, 5.74) is 1.55. The summed E-state index contributed by atoms with van der Waals surface area (Å²) in [6.07, 6.45) is 0. The third-order valence-electron chi connectivity index (χ3n) is 5.03. The lowest BCUT2D eigenvalue weighted by atomic mass is 9.91. The number of rotatable bonds is 2. The van der Waals surface area contributed by atoms with Crippen LogP contribution >= 0.6 is 27.5 Å². The number of Topliss-reactive ketones (excluding diaryl/α,β-unsaturated/α-hetero) is 2. The summed E-state index contributed by atoms with van der Waals surface area (Å²) in [5.74, 6) is -0.645. The van der Waals surface area contributed by atoms with E-state index < -0.39 is 0 Å². The van der Waals surface area contributed by atoms with Crippen molar-refractivity contribution < 1.29 is 14.4 Å². The van der Waals surface area contributed by atoms with Crippen molar-refractivity contribution in [2.45, 2.75) is 0 Å². The number of carbonyl (C=O) groups is 3. The van der Waals surface area contributed by atoms with Crippen molar-refractivity contribution in [3.63, 3.8) is 0 Å². The van der Waals surface area contributed by atoms with Crippen molar-refractivity contribution in [2.24, 2.45) is 0 Å². The summed E-state index contributed by atoms with van der Waals surface area (Å²) < 4.78 is 0.748. The molecule has 0 radical (unpaired) electrons. The third kappa shape index (κ3) is 3.16. The SMILES string of the molecule is O=C1C(Cl)=C(N2CCN(C(=O)c3ccccc3Br)CC2)C(=O)c2ccccc21. The zero-order chi connectivity index (χ0) is 19.8. The zero-order valence-corrected chi connectivity index (χ0v) is 17.2. The number of carbonyl (C=O) groups excluding carboxylic acids is 3. The van der Waals surface area contributed by atoms with Crippen molar-refractivity contribution in [1.82, 2.24) is 9.80 Å². The molecule has 1 fully saturated rings. The summed E-state index contributed by atoms with van der Waals surface area (Å²) in [6, 6.07) is 14.0. The van der Waals surface area contributed by atoms with Crippen molar-refractivity contribution in [3.05, 3.63) is 80.4 Å². The van der Waals surface area contributed by atoms with Crippen LogP contribution in [0.1, 0.15) is 31.1 Å². The number of allylic oxidation sites excluding steroid dienone is 2. The topological polar surface area (TPSA) is 57.7 Å². The number of fused-ring (bicyclic) bond motifs is 1. The first-order valence-electron chi connectivity index (χ1n) is 8.86. The van der Waals surface area contributed by atoms with Crippen LogP contribution in [0.5, 0.6) is 0 Å². The zero-order valence-electron chi connectivity index (χ0n) is 14.8. The summed E-state index contributed by atoms with van der Waals surface area (Å²) in [5, 5.41) is -0.0470. The Kier molecular flexibility index (Phi) is 5.08. The van der Waals surface area contributed by atoms with E-state index in [1.165, 1.54) is 0 Å². The smallest absolute Gasteiger partial charge is 0.255 e. The van der Waals surface area contributed by atoms with Gasteiger partial charge in [0.1, 0.15) is 10.7 Å². The van der Waals surface area contributed by atoms with Gasteiger partial charge in [0.25, 0.3) is 5.91 Å². The maximum Gasteiger partial charge on any atom is 0.255 e. The van der Waals surface area contributed by atoms with Gasteiger partial charge in [0.2, 0.25) is 11.6 Å². The van der Waals surface area contributed by atoms with E-state index in [1.54, 1.807) is 35.2 Å². The lowest BCUT2D eigenvalue weighted by molar-refractivity contribution is 0.0657. The summed E-state index contributed by atoms with van der Waals surface area (Å²) in [6.45, 7) is 1.75. The van der Waals surface area contributed by atoms with Gasteiger partial charge < -0.3 is 9.80 Å². The molecule has 2 aromatic rings. The number of ketones is 2. The van der Waals surface area contributed by atoms with Gasteiger partial charge in [0.15, 0.2) is 0 Å². The van der Waals surface area contributed by atoms with Gasteiger partial charge in [-0.15, -0.1) is 0 Å². The lowest BCUT2D eigenvalue weighted by Crippen LogP contribution is -2.50. The molecule has 1 aliphatic carbocycles. The Morgan fingerprint density at radius 3 is 2.07 bits per heavy atom. The largest absolute Gasteiger partial charge is 0.363 e. The average molecular weight is 460 g/mol. The fourth-order valence-electron chi connectivity index (χ4n) is 3.55. The number of benzene rings is 2. The number of halogens is 2. The Morgan fingerprint density at radius 2 is 1.43 bits per heavy atom. The molecule has 0 atom stereocenters. The van der Waals surface area contributed by atoms with Crippen LogP contribution in [-0.4, -0.2) is 53.5 Å². The molecule has 7 heteroatoms. The maximum absolute atomic E-state index is 12.9. The number of amides is 1. The van der Waals surface area contributed by atoms with Gasteiger partial charge in [-0.05, 0) is 28.1 Å². The molecule has 0 aromatic heterocycles. The Hall–Kier alpha value is -2.44. The van der Waals surface area contributed by atoms with Crippen molar-refractivity contribution in [1.29, 1.82) is 0 Å². The van der Waals surface area contributed by atoms with E-state index in [4.69, 9.17) is 11.6 Å². The summed E-state index contributed by atoms with van der Waals surface area (Å²) in [7, 11) is 0. The molecule has 1 amide bonds. The summed E-state index contributed by atoms with van der Waals surface area (Å²) in [4.78, 5) is 41.8. The molecule has 2 aromatic carbocycles. The molecule has 142 valence electrons. The van der Waals surface area contributed by atoms with Crippen molar-refractivity contribution in [3.8, 4) is 0 Å². The van der Waals surface area contributed by atoms with Crippen LogP contribution in [0.15, 0.2) is 63.7 Å². The Bertz CT molecular complexity index is 1030. The first-order valence-corrected chi connectivity index (χ1v) is 10.0. The fourth-order valence-corrected chi connectivity index (χ4v) is 4.31. The molecular formula is C21H16BrClN2O3. The van der Waals surface area contributed by atoms with E-state index in [2.05, 4.69) is 15.9 Å². The quantitative estimate of drug-likeness (QED) is 0.687. The minimum Gasteiger partial charge on any atom is -0.363 e. The molecule has 4 rings (SSSR count). The first kappa shape index (κ1) is 18.9. The van der Waals surface area contributed by atoms with Gasteiger partial charge in [-0.25, -0.2) is 0 Å². The molecule has 0 spiro atoms. The van der Waals surface area contributed by atoms with E-state index in [9.17, 15) is 14.4 Å². The van der Waals surface area contributed by atoms with Crippen LogP contribution in [0.3, 0.4) is 0 Å². The standard InChI is InChI=1S/C21H16BrClN2O3/c22-16-8-4-3-7-15(16)21(28)25-11-9-24(10-12-25)18-17(23)19(26)13-5-1-2-6-14(13)20(18)27/h1-8H,9-12H2. The number of hydrogen-bond acceptors (Lipinski definition) is 4. The first-order chi connectivity index (χ1) is 13.5. The highest BCUT2D eigenvalue weighted by molar-refractivity contribution is 9.10. The minimum absolute atomic E-state index is 0.0470. The molecule has 28 heavy (non-hydrogen) atoms. The van der Waals surface area contributed by atoms with Gasteiger partial charge in [0, 0.05) is 41.8 Å². The predicted molar refractivity (Wildman–Crippen MR) is 110 cm³/mol. The van der Waals surface area contributed by atoms with Crippen molar-refractivity contribution >= 4 is 45.0 Å². The second-order valence-electron chi connectivity index (χ2n) is 6.63. The highest BCUT2D eigenvalue weighted by atomic mass is 79.9. The maximum atomic E-state index is 12.9. The monoisotopic (exact) mass is 458 g/mol.